The second kappa shape index (κ2) is 25.7. The van der Waals surface area contributed by atoms with E-state index >= 15 is 0 Å². The minimum Gasteiger partial charge on any atom is -0.480 e. The van der Waals surface area contributed by atoms with Gasteiger partial charge in [0.05, 0.1) is 13.2 Å². The van der Waals surface area contributed by atoms with E-state index in [-0.39, 0.29) is 19.4 Å². The predicted octanol–water partition coefficient (Wildman–Crippen LogP) is 5.99. The number of esters is 2. The third-order valence-corrected chi connectivity index (χ3v) is 6.88. The SMILES string of the molecule is CCC/C=C\C/C=C\CCCCCCCC(=O)OC(COC(=O)CCCCCC)COP(=O)(O)OCC(N)C(=O)O. The van der Waals surface area contributed by atoms with Crippen molar-refractivity contribution >= 4 is 25.7 Å². The summed E-state index contributed by atoms with van der Waals surface area (Å²) < 4.78 is 32.1. The Hall–Kier alpha value is -2.04. The number of rotatable bonds is 27. The lowest BCUT2D eigenvalue weighted by molar-refractivity contribution is -0.161. The first-order valence-corrected chi connectivity index (χ1v) is 16.4. The fourth-order valence-corrected chi connectivity index (χ4v) is 4.29. The minimum absolute atomic E-state index is 0.145. The Balaban J connectivity index is 4.50. The normalized spacial score (nSPS) is 14.6. The zero-order valence-corrected chi connectivity index (χ0v) is 25.8. The number of carboxylic acid groups (broad SMARTS) is 1. The first-order chi connectivity index (χ1) is 19.6. The first kappa shape index (κ1) is 39.0. The van der Waals surface area contributed by atoms with Gasteiger partial charge in [-0.3, -0.25) is 23.4 Å². The Kier molecular flexibility index (Phi) is 24.4. The minimum atomic E-state index is -4.69. The summed E-state index contributed by atoms with van der Waals surface area (Å²) in [7, 11) is -4.69. The van der Waals surface area contributed by atoms with Gasteiger partial charge < -0.3 is 25.2 Å². The van der Waals surface area contributed by atoms with Crippen LogP contribution in [0.3, 0.4) is 0 Å². The van der Waals surface area contributed by atoms with Gasteiger partial charge in [-0.05, 0) is 38.5 Å². The van der Waals surface area contributed by atoms with Crippen LogP contribution in [0.15, 0.2) is 24.3 Å². The topological polar surface area (TPSA) is 172 Å². The van der Waals surface area contributed by atoms with Gasteiger partial charge in [-0.1, -0.05) is 83.1 Å². The van der Waals surface area contributed by atoms with Crippen LogP contribution in [0.1, 0.15) is 110 Å². The van der Waals surface area contributed by atoms with Crippen molar-refractivity contribution in [2.24, 2.45) is 5.73 Å². The molecule has 0 radical (unpaired) electrons. The molecule has 0 heterocycles. The quantitative estimate of drug-likeness (QED) is 0.0434. The van der Waals surface area contributed by atoms with E-state index in [1.165, 1.54) is 0 Å². The molecular weight excluding hydrogens is 553 g/mol. The lowest BCUT2D eigenvalue weighted by Gasteiger charge is -2.20. The summed E-state index contributed by atoms with van der Waals surface area (Å²) in [5.74, 6) is -2.43. The molecule has 0 aliphatic carbocycles. The Morgan fingerprint density at radius 1 is 0.756 bits per heavy atom. The maximum absolute atomic E-state index is 12.4. The van der Waals surface area contributed by atoms with Crippen molar-refractivity contribution < 1.29 is 47.5 Å². The summed E-state index contributed by atoms with van der Waals surface area (Å²) in [6, 6.07) is -1.52. The van der Waals surface area contributed by atoms with Crippen LogP contribution in [-0.4, -0.2) is 59.9 Å². The van der Waals surface area contributed by atoms with Crippen LogP contribution in [0.5, 0.6) is 0 Å². The van der Waals surface area contributed by atoms with E-state index in [0.29, 0.717) is 12.8 Å². The zero-order valence-electron chi connectivity index (χ0n) is 24.9. The molecule has 0 fully saturated rings. The van der Waals surface area contributed by atoms with Gasteiger partial charge in [0.15, 0.2) is 6.10 Å². The first-order valence-electron chi connectivity index (χ1n) is 14.9. The van der Waals surface area contributed by atoms with Gasteiger partial charge in [0, 0.05) is 12.8 Å². The number of carboxylic acids is 1. The number of ether oxygens (including phenoxy) is 2. The van der Waals surface area contributed by atoms with Gasteiger partial charge in [0.2, 0.25) is 0 Å². The number of nitrogens with two attached hydrogens (primary N) is 1. The van der Waals surface area contributed by atoms with Crippen molar-refractivity contribution in [1.82, 2.24) is 0 Å². The Labute approximate surface area is 245 Å². The van der Waals surface area contributed by atoms with E-state index in [4.69, 9.17) is 24.8 Å². The van der Waals surface area contributed by atoms with Crippen LogP contribution >= 0.6 is 7.82 Å². The Morgan fingerprint density at radius 2 is 1.34 bits per heavy atom. The van der Waals surface area contributed by atoms with Crippen molar-refractivity contribution in [2.45, 2.75) is 122 Å². The molecule has 0 aromatic heterocycles. The average Bonchev–Trinajstić information content (AvgIpc) is 2.93. The second-order valence-electron chi connectivity index (χ2n) is 9.88. The Morgan fingerprint density at radius 3 is 2.00 bits per heavy atom. The highest BCUT2D eigenvalue weighted by Crippen LogP contribution is 2.43. The molecular formula is C29H52NO10P. The molecule has 41 heavy (non-hydrogen) atoms. The molecule has 3 atom stereocenters. The standard InChI is InChI=1S/C29H52NO10P/c1-3-5-7-9-10-11-12-13-14-15-16-17-19-21-28(32)40-25(22-37-27(31)20-18-8-6-4-2)23-38-41(35,36)39-24-26(30)29(33)34/h7,9,11-12,25-26H,3-6,8,10,13-24,30H2,1-2H3,(H,33,34)(H,35,36)/b9-7-,12-11-. The molecule has 0 aromatic rings. The van der Waals surface area contributed by atoms with Crippen LogP contribution in [0.2, 0.25) is 0 Å². The maximum atomic E-state index is 12.4. The summed E-state index contributed by atoms with van der Waals surface area (Å²) in [6.07, 6.45) is 20.5. The molecule has 238 valence electrons. The van der Waals surface area contributed by atoms with Gasteiger partial charge in [0.1, 0.15) is 12.6 Å². The van der Waals surface area contributed by atoms with Crippen LogP contribution < -0.4 is 5.73 Å². The largest absolute Gasteiger partial charge is 0.480 e. The highest BCUT2D eigenvalue weighted by atomic mass is 31.2. The number of aliphatic carboxylic acids is 1. The summed E-state index contributed by atoms with van der Waals surface area (Å²) in [5, 5.41) is 8.77. The molecule has 0 bridgehead atoms. The molecule has 0 rings (SSSR count). The van der Waals surface area contributed by atoms with E-state index in [9.17, 15) is 23.8 Å². The molecule has 11 nitrogen and oxygen atoms in total. The van der Waals surface area contributed by atoms with Crippen molar-refractivity contribution in [3.05, 3.63) is 24.3 Å². The Bertz CT molecular complexity index is 817. The highest BCUT2D eigenvalue weighted by Gasteiger charge is 2.28. The zero-order chi connectivity index (χ0) is 30.8. The van der Waals surface area contributed by atoms with E-state index in [1.807, 2.05) is 0 Å². The molecule has 0 saturated carbocycles. The van der Waals surface area contributed by atoms with Gasteiger partial charge in [-0.2, -0.15) is 0 Å². The number of phosphoric ester groups is 1. The fraction of sp³-hybridized carbons (Fsp3) is 0.759. The number of unbranched alkanes of at least 4 members (excludes halogenated alkanes) is 9. The number of carbonyl (C=O) groups is 3. The van der Waals surface area contributed by atoms with E-state index in [2.05, 4.69) is 42.7 Å². The molecule has 0 aliphatic rings. The van der Waals surface area contributed by atoms with Crippen LogP contribution in [-0.2, 0) is 37.5 Å². The van der Waals surface area contributed by atoms with E-state index in [0.717, 1.165) is 70.6 Å². The third kappa shape index (κ3) is 25.4. The number of phosphoric acid groups is 1. The van der Waals surface area contributed by atoms with Crippen LogP contribution in [0, 0.1) is 0 Å². The molecule has 0 amide bonds. The summed E-state index contributed by atoms with van der Waals surface area (Å²) in [5.41, 5.74) is 5.26. The van der Waals surface area contributed by atoms with E-state index < -0.39 is 51.1 Å². The lowest BCUT2D eigenvalue weighted by atomic mass is 10.1. The molecule has 0 spiro atoms. The van der Waals surface area contributed by atoms with Gasteiger partial charge in [-0.25, -0.2) is 4.57 Å². The van der Waals surface area contributed by atoms with Crippen LogP contribution in [0.25, 0.3) is 0 Å². The number of hydrogen-bond donors (Lipinski definition) is 3. The van der Waals surface area contributed by atoms with Gasteiger partial charge in [-0.15, -0.1) is 0 Å². The predicted molar refractivity (Wildman–Crippen MR) is 157 cm³/mol. The molecule has 0 aromatic carbocycles. The fourth-order valence-electron chi connectivity index (χ4n) is 3.51. The molecule has 12 heteroatoms. The van der Waals surface area contributed by atoms with Crippen LogP contribution in [0.4, 0.5) is 0 Å². The van der Waals surface area contributed by atoms with E-state index in [1.54, 1.807) is 0 Å². The molecule has 0 saturated heterocycles. The monoisotopic (exact) mass is 605 g/mol. The van der Waals surface area contributed by atoms with Crippen molar-refractivity contribution in [2.75, 3.05) is 19.8 Å². The lowest BCUT2D eigenvalue weighted by Crippen LogP contribution is -2.34. The number of allylic oxidation sites excluding steroid dienone is 4. The van der Waals surface area contributed by atoms with Crippen molar-refractivity contribution in [3.8, 4) is 0 Å². The van der Waals surface area contributed by atoms with Gasteiger partial charge in [0.25, 0.3) is 0 Å². The molecule has 0 aliphatic heterocycles. The summed E-state index contributed by atoms with van der Waals surface area (Å²) >= 11 is 0. The third-order valence-electron chi connectivity index (χ3n) is 5.93. The van der Waals surface area contributed by atoms with Gasteiger partial charge >= 0.3 is 25.7 Å². The summed E-state index contributed by atoms with van der Waals surface area (Å²) in [4.78, 5) is 45.0. The molecule has 4 N–H and O–H groups in total. The second-order valence-corrected chi connectivity index (χ2v) is 11.3. The smallest absolute Gasteiger partial charge is 0.472 e. The maximum Gasteiger partial charge on any atom is 0.472 e. The van der Waals surface area contributed by atoms with Crippen molar-refractivity contribution in [3.63, 3.8) is 0 Å². The molecule has 3 unspecified atom stereocenters. The summed E-state index contributed by atoms with van der Waals surface area (Å²) in [6.45, 7) is 2.52. The average molecular weight is 606 g/mol. The number of carbonyl (C=O) groups excluding carboxylic acids is 2. The van der Waals surface area contributed by atoms with Crippen molar-refractivity contribution in [1.29, 1.82) is 0 Å². The highest BCUT2D eigenvalue weighted by molar-refractivity contribution is 7.47. The number of hydrogen-bond acceptors (Lipinski definition) is 9.